The number of rotatable bonds is 10. The summed E-state index contributed by atoms with van der Waals surface area (Å²) < 4.78 is 48.1. The number of sulfonamides is 1. The molecular formula is C31H36N6O5S. The van der Waals surface area contributed by atoms with Crippen molar-refractivity contribution >= 4 is 15.8 Å². The highest BCUT2D eigenvalue weighted by molar-refractivity contribution is 7.92. The second kappa shape index (κ2) is 12.5. The summed E-state index contributed by atoms with van der Waals surface area (Å²) in [6.07, 6.45) is 5.13. The van der Waals surface area contributed by atoms with Gasteiger partial charge in [-0.25, -0.2) is 23.4 Å². The van der Waals surface area contributed by atoms with Crippen LogP contribution in [0.3, 0.4) is 0 Å². The third kappa shape index (κ3) is 7.03. The number of para-hydroxylation sites is 2. The Bertz CT molecular complexity index is 1660. The number of methoxy groups -OCH3 is 1. The fourth-order valence-electron chi connectivity index (χ4n) is 4.70. The molecule has 0 amide bonds. The largest absolute Gasteiger partial charge is 0.493 e. The van der Waals surface area contributed by atoms with Crippen LogP contribution >= 0.6 is 0 Å². The average Bonchev–Trinajstić information content (AvgIpc) is 3.41. The quantitative estimate of drug-likeness (QED) is 0.254. The van der Waals surface area contributed by atoms with Gasteiger partial charge in [-0.1, -0.05) is 45.0 Å². The van der Waals surface area contributed by atoms with Crippen molar-refractivity contribution in [1.82, 2.24) is 24.8 Å². The van der Waals surface area contributed by atoms with Crippen molar-refractivity contribution in [3.8, 4) is 34.8 Å². The Hall–Kier alpha value is -4.29. The van der Waals surface area contributed by atoms with Gasteiger partial charge in [0.1, 0.15) is 6.61 Å². The van der Waals surface area contributed by atoms with Crippen LogP contribution in [0.1, 0.15) is 39.2 Å². The van der Waals surface area contributed by atoms with Crippen LogP contribution in [-0.4, -0.2) is 66.6 Å². The topological polar surface area (TPSA) is 129 Å². The minimum Gasteiger partial charge on any atom is -0.493 e. The Balaban J connectivity index is 1.62. The SMILES string of the molecule is COc1ccccc1Oc1c(NS(=O)(=O)c2ccc(C(C)(C)C)cc2)nc(-c2ncccn2)nc1OCC1CCCN1C. The van der Waals surface area contributed by atoms with Gasteiger partial charge in [0.2, 0.25) is 11.6 Å². The van der Waals surface area contributed by atoms with Gasteiger partial charge in [0, 0.05) is 18.4 Å². The van der Waals surface area contributed by atoms with Crippen LogP contribution in [0.15, 0.2) is 71.9 Å². The first-order chi connectivity index (χ1) is 20.5. The molecule has 12 heteroatoms. The molecule has 11 nitrogen and oxygen atoms in total. The normalized spacial score (nSPS) is 15.7. The number of aromatic nitrogens is 4. The molecule has 2 aromatic heterocycles. The minimum atomic E-state index is -4.12. The van der Waals surface area contributed by atoms with Gasteiger partial charge in [0.15, 0.2) is 23.1 Å². The molecule has 3 heterocycles. The maximum Gasteiger partial charge on any atom is 0.263 e. The van der Waals surface area contributed by atoms with Gasteiger partial charge < -0.3 is 19.1 Å². The molecule has 1 saturated heterocycles. The number of anilines is 1. The van der Waals surface area contributed by atoms with Gasteiger partial charge in [0.05, 0.1) is 12.0 Å². The Morgan fingerprint density at radius 2 is 1.65 bits per heavy atom. The standard InChI is InChI=1S/C31H36N6O5S/c1-31(2,3)21-13-15-23(16-14-21)43(38,39)36-27-26(42-25-12-7-6-11-24(25)40-5)30(41-20-22-10-8-19-37(22)4)35-29(34-27)28-32-17-9-18-33-28/h6-7,9,11-18,22H,8,10,19-20H2,1-5H3,(H,34,35,36). The number of likely N-dealkylation sites (N-methyl/N-ethyl adjacent to an activating group) is 1. The molecule has 43 heavy (non-hydrogen) atoms. The molecule has 1 atom stereocenters. The zero-order valence-corrected chi connectivity index (χ0v) is 25.8. The summed E-state index contributed by atoms with van der Waals surface area (Å²) >= 11 is 0. The number of nitrogens with zero attached hydrogens (tertiary/aromatic N) is 5. The average molecular weight is 605 g/mol. The summed E-state index contributed by atoms with van der Waals surface area (Å²) in [5.41, 5.74) is 0.868. The molecule has 5 rings (SSSR count). The van der Waals surface area contributed by atoms with Crippen molar-refractivity contribution in [1.29, 1.82) is 0 Å². The summed E-state index contributed by atoms with van der Waals surface area (Å²) in [6.45, 7) is 7.47. The summed E-state index contributed by atoms with van der Waals surface area (Å²) in [4.78, 5) is 20.0. The molecule has 1 unspecified atom stereocenters. The third-order valence-electron chi connectivity index (χ3n) is 7.23. The predicted octanol–water partition coefficient (Wildman–Crippen LogP) is 5.31. The molecule has 226 valence electrons. The fourth-order valence-corrected chi connectivity index (χ4v) is 5.71. The maximum atomic E-state index is 13.7. The highest BCUT2D eigenvalue weighted by Gasteiger charge is 2.28. The highest BCUT2D eigenvalue weighted by Crippen LogP contribution is 2.41. The number of benzene rings is 2. The van der Waals surface area contributed by atoms with Gasteiger partial charge in [0.25, 0.3) is 15.9 Å². The molecule has 0 aliphatic carbocycles. The van der Waals surface area contributed by atoms with Gasteiger partial charge in [-0.2, -0.15) is 4.98 Å². The minimum absolute atomic E-state index is 0.0142. The molecule has 0 radical (unpaired) electrons. The summed E-state index contributed by atoms with van der Waals surface area (Å²) in [5, 5.41) is 0. The van der Waals surface area contributed by atoms with E-state index in [1.54, 1.807) is 67.0 Å². The molecule has 1 fully saturated rings. The maximum absolute atomic E-state index is 13.7. The van der Waals surface area contributed by atoms with E-state index < -0.39 is 10.0 Å². The molecule has 0 spiro atoms. The lowest BCUT2D eigenvalue weighted by Gasteiger charge is -2.22. The monoisotopic (exact) mass is 604 g/mol. The third-order valence-corrected chi connectivity index (χ3v) is 8.58. The lowest BCUT2D eigenvalue weighted by atomic mass is 9.87. The highest BCUT2D eigenvalue weighted by atomic mass is 32.2. The Morgan fingerprint density at radius 3 is 2.28 bits per heavy atom. The Kier molecular flexibility index (Phi) is 8.79. The van der Waals surface area contributed by atoms with Gasteiger partial charge in [-0.15, -0.1) is 0 Å². The Morgan fingerprint density at radius 1 is 0.953 bits per heavy atom. The van der Waals surface area contributed by atoms with E-state index in [-0.39, 0.29) is 45.4 Å². The summed E-state index contributed by atoms with van der Waals surface area (Å²) in [6, 6.07) is 15.6. The van der Waals surface area contributed by atoms with E-state index in [0.717, 1.165) is 24.9 Å². The smallest absolute Gasteiger partial charge is 0.263 e. The first kappa shape index (κ1) is 30.2. The van der Waals surface area contributed by atoms with Crippen LogP contribution in [0.4, 0.5) is 5.82 Å². The zero-order chi connectivity index (χ0) is 30.6. The molecule has 2 aromatic carbocycles. The van der Waals surface area contributed by atoms with Crippen LogP contribution in [0.2, 0.25) is 0 Å². The number of nitrogens with one attached hydrogen (secondary N) is 1. The van der Waals surface area contributed by atoms with Crippen LogP contribution in [0, 0.1) is 0 Å². The van der Waals surface area contributed by atoms with Crippen molar-refractivity contribution in [2.75, 3.05) is 32.0 Å². The zero-order valence-electron chi connectivity index (χ0n) is 24.9. The van der Waals surface area contributed by atoms with Crippen molar-refractivity contribution < 1.29 is 22.6 Å². The van der Waals surface area contributed by atoms with Crippen molar-refractivity contribution in [3.63, 3.8) is 0 Å². The molecular weight excluding hydrogens is 568 g/mol. The molecule has 1 N–H and O–H groups in total. The van der Waals surface area contributed by atoms with Crippen molar-refractivity contribution in [2.24, 2.45) is 0 Å². The second-order valence-electron chi connectivity index (χ2n) is 11.3. The van der Waals surface area contributed by atoms with Crippen LogP contribution in [-0.2, 0) is 15.4 Å². The van der Waals surface area contributed by atoms with E-state index in [9.17, 15) is 8.42 Å². The van der Waals surface area contributed by atoms with E-state index in [1.165, 1.54) is 7.11 Å². The van der Waals surface area contributed by atoms with E-state index >= 15 is 0 Å². The lowest BCUT2D eigenvalue weighted by molar-refractivity contribution is 0.189. The number of ether oxygens (including phenoxy) is 3. The van der Waals surface area contributed by atoms with Crippen LogP contribution < -0.4 is 18.9 Å². The van der Waals surface area contributed by atoms with Crippen molar-refractivity contribution in [3.05, 3.63) is 72.6 Å². The predicted molar refractivity (Wildman–Crippen MR) is 163 cm³/mol. The molecule has 1 aliphatic heterocycles. The van der Waals surface area contributed by atoms with E-state index in [0.29, 0.717) is 18.1 Å². The second-order valence-corrected chi connectivity index (χ2v) is 13.0. The summed E-state index contributed by atoms with van der Waals surface area (Å²) in [5.74, 6) is 0.941. The molecule has 0 bridgehead atoms. The lowest BCUT2D eigenvalue weighted by Crippen LogP contribution is -2.31. The van der Waals surface area contributed by atoms with E-state index in [1.807, 2.05) is 7.05 Å². The molecule has 0 saturated carbocycles. The first-order valence-corrected chi connectivity index (χ1v) is 15.5. The van der Waals surface area contributed by atoms with Crippen LogP contribution in [0.5, 0.6) is 23.1 Å². The van der Waals surface area contributed by atoms with Crippen LogP contribution in [0.25, 0.3) is 11.6 Å². The Labute approximate surface area is 252 Å². The van der Waals surface area contributed by atoms with Gasteiger partial charge in [-0.05, 0) is 67.7 Å². The number of likely N-dealkylation sites (tertiary alicyclic amines) is 1. The summed E-state index contributed by atoms with van der Waals surface area (Å²) in [7, 11) is -0.554. The van der Waals surface area contributed by atoms with Crippen molar-refractivity contribution in [2.45, 2.75) is 50.0 Å². The van der Waals surface area contributed by atoms with Gasteiger partial charge >= 0.3 is 0 Å². The number of hydrogen-bond acceptors (Lipinski definition) is 10. The van der Waals surface area contributed by atoms with E-state index in [4.69, 9.17) is 14.2 Å². The van der Waals surface area contributed by atoms with Gasteiger partial charge in [-0.3, -0.25) is 4.72 Å². The fraction of sp³-hybridized carbons (Fsp3) is 0.355. The molecule has 1 aliphatic rings. The van der Waals surface area contributed by atoms with E-state index in [2.05, 4.69) is 50.3 Å². The molecule has 4 aromatic rings. The number of hydrogen-bond donors (Lipinski definition) is 1. The first-order valence-electron chi connectivity index (χ1n) is 14.0.